The van der Waals surface area contributed by atoms with Crippen molar-refractivity contribution in [3.8, 4) is 11.1 Å². The van der Waals surface area contributed by atoms with Crippen molar-refractivity contribution < 1.29 is 0 Å². The van der Waals surface area contributed by atoms with Crippen LogP contribution in [0.5, 0.6) is 0 Å². The molecule has 0 saturated heterocycles. The van der Waals surface area contributed by atoms with E-state index in [9.17, 15) is 4.79 Å². The quantitative estimate of drug-likeness (QED) is 0.735. The van der Waals surface area contributed by atoms with Gasteiger partial charge < -0.3 is 4.98 Å². The second-order valence-electron chi connectivity index (χ2n) is 4.93. The molecule has 0 amide bonds. The van der Waals surface area contributed by atoms with E-state index in [1.54, 1.807) is 18.6 Å². The molecule has 0 aliphatic rings. The summed E-state index contributed by atoms with van der Waals surface area (Å²) in [5.41, 5.74) is 4.07. The van der Waals surface area contributed by atoms with Crippen LogP contribution in [0.15, 0.2) is 23.4 Å². The number of H-pyrrole nitrogens is 2. The topological polar surface area (TPSA) is 78.8 Å². The van der Waals surface area contributed by atoms with E-state index in [4.69, 9.17) is 0 Å². The Kier molecular flexibility index (Phi) is 2.51. The van der Waals surface area contributed by atoms with Crippen molar-refractivity contribution in [2.24, 2.45) is 0 Å². The molecular formula is C13H15N5O. The van der Waals surface area contributed by atoms with E-state index >= 15 is 0 Å². The van der Waals surface area contributed by atoms with Crippen molar-refractivity contribution in [3.63, 3.8) is 0 Å². The van der Waals surface area contributed by atoms with E-state index in [-0.39, 0.29) is 11.5 Å². The fourth-order valence-corrected chi connectivity index (χ4v) is 2.43. The van der Waals surface area contributed by atoms with Crippen LogP contribution in [-0.2, 0) is 0 Å². The summed E-state index contributed by atoms with van der Waals surface area (Å²) in [4.78, 5) is 15.7. The summed E-state index contributed by atoms with van der Waals surface area (Å²) >= 11 is 0. The van der Waals surface area contributed by atoms with Gasteiger partial charge in [0.2, 0.25) is 0 Å². The third kappa shape index (κ3) is 1.68. The third-order valence-corrected chi connectivity index (χ3v) is 3.29. The van der Waals surface area contributed by atoms with Gasteiger partial charge >= 0.3 is 0 Å². The van der Waals surface area contributed by atoms with Crippen LogP contribution in [0.25, 0.3) is 16.8 Å². The Morgan fingerprint density at radius 1 is 1.32 bits per heavy atom. The highest BCUT2D eigenvalue weighted by atomic mass is 16.1. The molecule has 0 atom stereocenters. The number of aromatic nitrogens is 5. The van der Waals surface area contributed by atoms with Gasteiger partial charge in [0.25, 0.3) is 5.56 Å². The molecule has 0 aliphatic heterocycles. The van der Waals surface area contributed by atoms with Gasteiger partial charge in [0.15, 0.2) is 0 Å². The normalized spacial score (nSPS) is 11.6. The summed E-state index contributed by atoms with van der Waals surface area (Å²) in [5.74, 6) is 0.162. The van der Waals surface area contributed by atoms with E-state index in [0.717, 1.165) is 22.4 Å². The predicted octanol–water partition coefficient (Wildman–Crippen LogP) is 1.84. The highest BCUT2D eigenvalue weighted by molar-refractivity contribution is 5.76. The predicted molar refractivity (Wildman–Crippen MR) is 72.2 cm³/mol. The first-order valence-corrected chi connectivity index (χ1v) is 6.19. The zero-order valence-corrected chi connectivity index (χ0v) is 11.1. The van der Waals surface area contributed by atoms with Crippen LogP contribution in [0.1, 0.15) is 31.0 Å². The molecule has 3 heterocycles. The van der Waals surface area contributed by atoms with Crippen molar-refractivity contribution >= 4 is 5.65 Å². The number of hydrogen-bond donors (Lipinski definition) is 2. The maximum atomic E-state index is 12.4. The van der Waals surface area contributed by atoms with Crippen LogP contribution in [-0.4, -0.2) is 24.8 Å². The largest absolute Gasteiger partial charge is 0.343 e. The minimum atomic E-state index is -0.0593. The minimum absolute atomic E-state index is 0.0593. The monoisotopic (exact) mass is 257 g/mol. The summed E-state index contributed by atoms with van der Waals surface area (Å²) in [6, 6.07) is 0. The maximum absolute atomic E-state index is 12.4. The van der Waals surface area contributed by atoms with Gasteiger partial charge in [0, 0.05) is 28.6 Å². The van der Waals surface area contributed by atoms with Crippen LogP contribution in [0.2, 0.25) is 0 Å². The molecule has 0 saturated carbocycles. The summed E-state index contributed by atoms with van der Waals surface area (Å²) in [6.07, 6.45) is 5.17. The lowest BCUT2D eigenvalue weighted by atomic mass is 10.0. The number of fused-ring (bicyclic) bond motifs is 1. The van der Waals surface area contributed by atoms with E-state index in [0.29, 0.717) is 5.65 Å². The molecule has 3 aromatic rings. The molecule has 0 aromatic carbocycles. The van der Waals surface area contributed by atoms with E-state index in [1.807, 2.05) is 20.8 Å². The maximum Gasteiger partial charge on any atom is 0.278 e. The molecule has 0 fully saturated rings. The van der Waals surface area contributed by atoms with Crippen LogP contribution in [0.3, 0.4) is 0 Å². The fraction of sp³-hybridized carbons (Fsp3) is 0.308. The first-order chi connectivity index (χ1) is 9.09. The van der Waals surface area contributed by atoms with Gasteiger partial charge in [0.05, 0.1) is 12.4 Å². The SMILES string of the molecule is Cc1[nH]c2c(-c3cn[nH]c3)cnn2c(=O)c1C(C)C. The van der Waals surface area contributed by atoms with Crippen LogP contribution < -0.4 is 5.56 Å². The molecular weight excluding hydrogens is 242 g/mol. The Morgan fingerprint density at radius 3 is 2.74 bits per heavy atom. The summed E-state index contributed by atoms with van der Waals surface area (Å²) in [6.45, 7) is 5.93. The molecule has 0 bridgehead atoms. The fourth-order valence-electron chi connectivity index (χ4n) is 2.43. The zero-order valence-electron chi connectivity index (χ0n) is 11.1. The Morgan fingerprint density at radius 2 is 2.11 bits per heavy atom. The van der Waals surface area contributed by atoms with Crippen molar-refractivity contribution in [1.29, 1.82) is 0 Å². The Balaban J connectivity index is 2.35. The first kappa shape index (κ1) is 11.7. The smallest absolute Gasteiger partial charge is 0.278 e. The number of nitrogens with one attached hydrogen (secondary N) is 2. The van der Waals surface area contributed by atoms with E-state index < -0.39 is 0 Å². The molecule has 0 unspecified atom stereocenters. The Hall–Kier alpha value is -2.37. The van der Waals surface area contributed by atoms with Gasteiger partial charge in [-0.05, 0) is 12.8 Å². The van der Waals surface area contributed by atoms with Gasteiger partial charge in [0.1, 0.15) is 5.65 Å². The number of aryl methyl sites for hydroxylation is 1. The molecule has 0 aliphatic carbocycles. The van der Waals surface area contributed by atoms with E-state index in [1.165, 1.54) is 4.52 Å². The number of nitrogens with zero attached hydrogens (tertiary/aromatic N) is 3. The van der Waals surface area contributed by atoms with Gasteiger partial charge in [-0.25, -0.2) is 0 Å². The average molecular weight is 257 g/mol. The zero-order chi connectivity index (χ0) is 13.6. The van der Waals surface area contributed by atoms with Crippen LogP contribution in [0, 0.1) is 6.92 Å². The van der Waals surface area contributed by atoms with Crippen LogP contribution in [0.4, 0.5) is 0 Å². The molecule has 3 aromatic heterocycles. The molecule has 6 heteroatoms. The number of hydrogen-bond acceptors (Lipinski definition) is 3. The van der Waals surface area contributed by atoms with Gasteiger partial charge in [-0.15, -0.1) is 0 Å². The molecule has 19 heavy (non-hydrogen) atoms. The Labute approximate surface area is 109 Å². The van der Waals surface area contributed by atoms with Crippen molar-refractivity contribution in [1.82, 2.24) is 24.8 Å². The summed E-state index contributed by atoms with van der Waals surface area (Å²) in [5, 5.41) is 10.9. The van der Waals surface area contributed by atoms with E-state index in [2.05, 4.69) is 20.3 Å². The lowest BCUT2D eigenvalue weighted by Crippen LogP contribution is -2.22. The van der Waals surface area contributed by atoms with Crippen molar-refractivity contribution in [2.45, 2.75) is 26.7 Å². The van der Waals surface area contributed by atoms with Gasteiger partial charge in [-0.1, -0.05) is 13.8 Å². The average Bonchev–Trinajstić information content (AvgIpc) is 2.95. The number of aromatic amines is 2. The lowest BCUT2D eigenvalue weighted by Gasteiger charge is -2.09. The first-order valence-electron chi connectivity index (χ1n) is 6.19. The molecule has 0 spiro atoms. The highest BCUT2D eigenvalue weighted by Crippen LogP contribution is 2.22. The van der Waals surface area contributed by atoms with Gasteiger partial charge in [-0.2, -0.15) is 14.7 Å². The molecule has 0 radical (unpaired) electrons. The minimum Gasteiger partial charge on any atom is -0.343 e. The highest BCUT2D eigenvalue weighted by Gasteiger charge is 2.16. The van der Waals surface area contributed by atoms with Gasteiger partial charge in [-0.3, -0.25) is 9.89 Å². The Bertz CT molecular complexity index is 779. The lowest BCUT2D eigenvalue weighted by molar-refractivity contribution is 0.780. The second-order valence-corrected chi connectivity index (χ2v) is 4.93. The number of rotatable bonds is 2. The summed E-state index contributed by atoms with van der Waals surface area (Å²) in [7, 11) is 0. The molecule has 3 rings (SSSR count). The second kappa shape index (κ2) is 4.08. The molecule has 98 valence electrons. The van der Waals surface area contributed by atoms with Crippen LogP contribution >= 0.6 is 0 Å². The molecule has 2 N–H and O–H groups in total. The van der Waals surface area contributed by atoms with Crippen molar-refractivity contribution in [3.05, 3.63) is 40.2 Å². The standard InChI is InChI=1S/C13H15N5O/c1-7(2)11-8(3)17-12-10(9-4-14-15-5-9)6-16-18(12)13(11)19/h4-7,17H,1-3H3,(H,14,15). The summed E-state index contributed by atoms with van der Waals surface area (Å²) < 4.78 is 1.42. The molecule has 6 nitrogen and oxygen atoms in total. The van der Waals surface area contributed by atoms with Crippen molar-refractivity contribution in [2.75, 3.05) is 0 Å². The third-order valence-electron chi connectivity index (χ3n) is 3.29.